The molecule has 18 heavy (non-hydrogen) atoms. The van der Waals surface area contributed by atoms with Gasteiger partial charge in [-0.2, -0.15) is 0 Å². The van der Waals surface area contributed by atoms with Gasteiger partial charge in [0.15, 0.2) is 0 Å². The average Bonchev–Trinajstić information content (AvgIpc) is 2.40. The number of methoxy groups -OCH3 is 1. The third-order valence-corrected chi connectivity index (χ3v) is 3.37. The van der Waals surface area contributed by atoms with Crippen LogP contribution in [0.2, 0.25) is 0 Å². The van der Waals surface area contributed by atoms with Crippen molar-refractivity contribution >= 4 is 21.5 Å². The lowest BCUT2D eigenvalue weighted by atomic mass is 9.99. The molecule has 0 aliphatic carbocycles. The summed E-state index contributed by atoms with van der Waals surface area (Å²) in [6, 6.07) is 9.78. The maximum atomic E-state index is 11.8. The molecule has 3 aromatic rings. The van der Waals surface area contributed by atoms with Crippen molar-refractivity contribution in [3.8, 4) is 5.75 Å². The van der Waals surface area contributed by atoms with Crippen LogP contribution in [0.1, 0.15) is 5.56 Å². The Kier molecular flexibility index (Phi) is 2.33. The minimum atomic E-state index is -0.0553. The highest BCUT2D eigenvalue weighted by Crippen LogP contribution is 2.28. The molecule has 3 nitrogen and oxygen atoms in total. The van der Waals surface area contributed by atoms with Crippen molar-refractivity contribution in [3.05, 3.63) is 52.4 Å². The molecule has 0 unspecified atom stereocenters. The molecule has 3 heteroatoms. The zero-order valence-electron chi connectivity index (χ0n) is 10.3. The highest BCUT2D eigenvalue weighted by Gasteiger charge is 2.06. The van der Waals surface area contributed by atoms with Crippen LogP contribution in [-0.4, -0.2) is 12.1 Å². The van der Waals surface area contributed by atoms with E-state index in [4.69, 9.17) is 4.74 Å². The highest BCUT2D eigenvalue weighted by molar-refractivity contribution is 6.01. The van der Waals surface area contributed by atoms with Gasteiger partial charge in [0.05, 0.1) is 7.11 Å². The molecule has 1 aromatic heterocycles. The van der Waals surface area contributed by atoms with Crippen molar-refractivity contribution in [1.82, 2.24) is 4.98 Å². The van der Waals surface area contributed by atoms with E-state index in [9.17, 15) is 4.79 Å². The number of hydrogen-bond acceptors (Lipinski definition) is 2. The first-order valence-corrected chi connectivity index (χ1v) is 5.79. The topological polar surface area (TPSA) is 42.1 Å². The molecular weight excluding hydrogens is 226 g/mol. The fourth-order valence-electron chi connectivity index (χ4n) is 2.39. The predicted molar refractivity (Wildman–Crippen MR) is 73.4 cm³/mol. The Bertz CT molecular complexity index is 803. The summed E-state index contributed by atoms with van der Waals surface area (Å²) in [5, 5.41) is 3.89. The van der Waals surface area contributed by atoms with Gasteiger partial charge in [-0.1, -0.05) is 6.07 Å². The van der Waals surface area contributed by atoms with E-state index in [-0.39, 0.29) is 5.56 Å². The van der Waals surface area contributed by atoms with Crippen molar-refractivity contribution in [2.45, 2.75) is 6.92 Å². The average molecular weight is 239 g/mol. The zero-order chi connectivity index (χ0) is 12.7. The number of H-pyrrole nitrogens is 1. The molecule has 0 saturated carbocycles. The number of rotatable bonds is 1. The lowest BCUT2D eigenvalue weighted by Crippen LogP contribution is -2.05. The monoisotopic (exact) mass is 239 g/mol. The number of benzene rings is 2. The molecule has 1 N–H and O–H groups in total. The van der Waals surface area contributed by atoms with E-state index in [2.05, 4.69) is 4.98 Å². The van der Waals surface area contributed by atoms with E-state index in [0.717, 1.165) is 32.9 Å². The van der Waals surface area contributed by atoms with E-state index >= 15 is 0 Å². The van der Waals surface area contributed by atoms with Gasteiger partial charge in [-0.3, -0.25) is 4.79 Å². The number of aromatic amines is 1. The summed E-state index contributed by atoms with van der Waals surface area (Å²) in [4.78, 5) is 14.6. The van der Waals surface area contributed by atoms with E-state index in [0.29, 0.717) is 0 Å². The van der Waals surface area contributed by atoms with Crippen LogP contribution in [0.5, 0.6) is 5.75 Å². The van der Waals surface area contributed by atoms with Crippen molar-refractivity contribution in [3.63, 3.8) is 0 Å². The van der Waals surface area contributed by atoms with Crippen LogP contribution in [-0.2, 0) is 0 Å². The van der Waals surface area contributed by atoms with E-state index in [1.165, 1.54) is 0 Å². The standard InChI is InChI=1S/C15H13NO2/c1-9-12-4-3-11(18-2)7-10(12)8-14-13(9)5-6-16-15(14)17/h3-8H,1-2H3,(H,16,17). The molecule has 2 aromatic carbocycles. The Hall–Kier alpha value is -2.29. The molecular formula is C15H13NO2. The molecule has 0 amide bonds. The second-order valence-corrected chi connectivity index (χ2v) is 4.36. The minimum Gasteiger partial charge on any atom is -0.497 e. The van der Waals surface area contributed by atoms with Crippen LogP contribution < -0.4 is 10.3 Å². The normalized spacial score (nSPS) is 11.0. The van der Waals surface area contributed by atoms with Gasteiger partial charge in [-0.25, -0.2) is 0 Å². The minimum absolute atomic E-state index is 0.0553. The van der Waals surface area contributed by atoms with Gasteiger partial charge < -0.3 is 9.72 Å². The van der Waals surface area contributed by atoms with Crippen LogP contribution in [0.25, 0.3) is 21.5 Å². The van der Waals surface area contributed by atoms with Gasteiger partial charge in [0.25, 0.3) is 5.56 Å². The second kappa shape index (κ2) is 3.88. The lowest BCUT2D eigenvalue weighted by molar-refractivity contribution is 0.415. The molecule has 0 aliphatic heterocycles. The summed E-state index contributed by atoms with van der Waals surface area (Å²) in [5.41, 5.74) is 1.07. The first kappa shape index (κ1) is 10.8. The third kappa shape index (κ3) is 1.48. The fraction of sp³-hybridized carbons (Fsp3) is 0.133. The van der Waals surface area contributed by atoms with Gasteiger partial charge in [-0.15, -0.1) is 0 Å². The molecule has 0 spiro atoms. The summed E-state index contributed by atoms with van der Waals surface area (Å²) in [6.45, 7) is 2.04. The van der Waals surface area contributed by atoms with E-state index < -0.39 is 0 Å². The van der Waals surface area contributed by atoms with Crippen LogP contribution in [0.15, 0.2) is 41.3 Å². The Morgan fingerprint density at radius 3 is 2.67 bits per heavy atom. The van der Waals surface area contributed by atoms with Crippen molar-refractivity contribution in [1.29, 1.82) is 0 Å². The van der Waals surface area contributed by atoms with Crippen molar-refractivity contribution in [2.24, 2.45) is 0 Å². The Morgan fingerprint density at radius 1 is 1.06 bits per heavy atom. The van der Waals surface area contributed by atoms with Crippen molar-refractivity contribution in [2.75, 3.05) is 7.11 Å². The molecule has 0 fully saturated rings. The molecule has 0 radical (unpaired) electrons. The summed E-state index contributed by atoms with van der Waals surface area (Å²) in [6.07, 6.45) is 1.69. The van der Waals surface area contributed by atoms with Crippen LogP contribution in [0, 0.1) is 6.92 Å². The number of hydrogen-bond donors (Lipinski definition) is 1. The number of pyridine rings is 1. The molecule has 0 aliphatic rings. The number of nitrogens with one attached hydrogen (secondary N) is 1. The maximum Gasteiger partial charge on any atom is 0.255 e. The van der Waals surface area contributed by atoms with Gasteiger partial charge in [-0.05, 0) is 52.9 Å². The largest absolute Gasteiger partial charge is 0.497 e. The molecule has 3 rings (SSSR count). The van der Waals surface area contributed by atoms with Gasteiger partial charge in [0.1, 0.15) is 5.75 Å². The third-order valence-electron chi connectivity index (χ3n) is 3.37. The summed E-state index contributed by atoms with van der Waals surface area (Å²) in [7, 11) is 1.64. The molecule has 1 heterocycles. The van der Waals surface area contributed by atoms with Gasteiger partial charge in [0.2, 0.25) is 0 Å². The summed E-state index contributed by atoms with van der Waals surface area (Å²) < 4.78 is 5.22. The number of aryl methyl sites for hydroxylation is 1. The quantitative estimate of drug-likeness (QED) is 0.663. The van der Waals surface area contributed by atoms with Crippen molar-refractivity contribution < 1.29 is 4.74 Å². The predicted octanol–water partition coefficient (Wildman–Crippen LogP) is 3.00. The van der Waals surface area contributed by atoms with E-state index in [1.807, 2.05) is 37.3 Å². The molecule has 90 valence electrons. The summed E-state index contributed by atoms with van der Waals surface area (Å²) in [5.74, 6) is 0.800. The van der Waals surface area contributed by atoms with Crippen LogP contribution >= 0.6 is 0 Å². The Balaban J connectivity index is 2.52. The first-order valence-electron chi connectivity index (χ1n) is 5.79. The highest BCUT2D eigenvalue weighted by atomic mass is 16.5. The maximum absolute atomic E-state index is 11.8. The lowest BCUT2D eigenvalue weighted by Gasteiger charge is -2.08. The summed E-state index contributed by atoms with van der Waals surface area (Å²) >= 11 is 0. The Morgan fingerprint density at radius 2 is 1.89 bits per heavy atom. The van der Waals surface area contributed by atoms with E-state index in [1.54, 1.807) is 13.3 Å². The zero-order valence-corrected chi connectivity index (χ0v) is 10.3. The smallest absolute Gasteiger partial charge is 0.255 e. The van der Waals surface area contributed by atoms with Crippen LogP contribution in [0.4, 0.5) is 0 Å². The SMILES string of the molecule is COc1ccc2c(C)c3cc[nH]c(=O)c3cc2c1. The second-order valence-electron chi connectivity index (χ2n) is 4.36. The number of aromatic nitrogens is 1. The van der Waals surface area contributed by atoms with Gasteiger partial charge >= 0.3 is 0 Å². The number of fused-ring (bicyclic) bond motifs is 2. The molecule has 0 bridgehead atoms. The fourth-order valence-corrected chi connectivity index (χ4v) is 2.39. The van der Waals surface area contributed by atoms with Gasteiger partial charge in [0, 0.05) is 11.6 Å². The number of ether oxygens (including phenoxy) is 1. The first-order chi connectivity index (χ1) is 8.70. The molecule has 0 saturated heterocycles. The molecule has 0 atom stereocenters. The van der Waals surface area contributed by atoms with Crippen LogP contribution in [0.3, 0.4) is 0 Å². The Labute approximate surface area is 104 Å².